The molecule has 0 aromatic heterocycles. The summed E-state index contributed by atoms with van der Waals surface area (Å²) in [7, 11) is 0. The fourth-order valence-electron chi connectivity index (χ4n) is 2.00. The van der Waals surface area contributed by atoms with Crippen LogP contribution in [0, 0.1) is 6.92 Å². The van der Waals surface area contributed by atoms with Crippen molar-refractivity contribution in [1.82, 2.24) is 4.90 Å². The Morgan fingerprint density at radius 2 is 2.09 bits per heavy atom. The number of carbonyl (C=O) groups excluding carboxylic acids is 3. The Bertz CT molecular complexity index is 696. The van der Waals surface area contributed by atoms with Gasteiger partial charge in [-0.1, -0.05) is 11.6 Å². The Morgan fingerprint density at radius 1 is 1.39 bits per heavy atom. The number of thioether (sulfide) groups is 1. The summed E-state index contributed by atoms with van der Waals surface area (Å²) in [5.74, 6) is -1.19. The molecule has 0 unspecified atom stereocenters. The van der Waals surface area contributed by atoms with Crippen molar-refractivity contribution in [2.24, 2.45) is 0 Å². The van der Waals surface area contributed by atoms with E-state index in [4.69, 9.17) is 4.74 Å². The van der Waals surface area contributed by atoms with E-state index in [0.717, 1.165) is 22.2 Å². The van der Waals surface area contributed by atoms with Crippen molar-refractivity contribution in [3.63, 3.8) is 0 Å². The zero-order valence-electron chi connectivity index (χ0n) is 13.0. The summed E-state index contributed by atoms with van der Waals surface area (Å²) < 4.78 is 4.94. The largest absolute Gasteiger partial charge is 0.507 e. The zero-order chi connectivity index (χ0) is 17.1. The lowest BCUT2D eigenvalue weighted by Gasteiger charge is -2.13. The Morgan fingerprint density at radius 3 is 2.74 bits per heavy atom. The second-order valence-electron chi connectivity index (χ2n) is 5.37. The molecule has 1 fully saturated rings. The molecule has 1 aliphatic heterocycles. The van der Waals surface area contributed by atoms with E-state index in [9.17, 15) is 19.5 Å². The number of esters is 1. The lowest BCUT2D eigenvalue weighted by atomic mass is 10.1. The number of rotatable bonds is 4. The van der Waals surface area contributed by atoms with Crippen LogP contribution in [0.4, 0.5) is 4.79 Å². The van der Waals surface area contributed by atoms with Crippen LogP contribution in [-0.4, -0.2) is 39.8 Å². The van der Waals surface area contributed by atoms with Gasteiger partial charge in [0.05, 0.1) is 11.0 Å². The van der Waals surface area contributed by atoms with Gasteiger partial charge < -0.3 is 9.84 Å². The van der Waals surface area contributed by atoms with Crippen LogP contribution in [0.25, 0.3) is 6.08 Å². The minimum absolute atomic E-state index is 0.0154. The smallest absolute Gasteiger partial charge is 0.326 e. The Balaban J connectivity index is 2.19. The van der Waals surface area contributed by atoms with Crippen LogP contribution < -0.4 is 0 Å². The summed E-state index contributed by atoms with van der Waals surface area (Å²) in [6, 6.07) is 4.96. The molecule has 0 radical (unpaired) electrons. The van der Waals surface area contributed by atoms with E-state index in [1.54, 1.807) is 26.0 Å². The highest BCUT2D eigenvalue weighted by molar-refractivity contribution is 8.18. The SMILES string of the molecule is Cc1ccc(O)c(/C=C2\SC(=O)N(CC(=O)OC(C)C)C2=O)c1. The van der Waals surface area contributed by atoms with E-state index in [0.29, 0.717) is 5.56 Å². The van der Waals surface area contributed by atoms with Crippen LogP contribution in [0.5, 0.6) is 5.75 Å². The van der Waals surface area contributed by atoms with Gasteiger partial charge in [0.1, 0.15) is 12.3 Å². The zero-order valence-corrected chi connectivity index (χ0v) is 13.8. The van der Waals surface area contributed by atoms with Crippen molar-refractivity contribution in [2.75, 3.05) is 6.54 Å². The van der Waals surface area contributed by atoms with Gasteiger partial charge in [-0.2, -0.15) is 0 Å². The van der Waals surface area contributed by atoms with E-state index >= 15 is 0 Å². The monoisotopic (exact) mass is 335 g/mol. The maximum atomic E-state index is 12.3. The van der Waals surface area contributed by atoms with E-state index in [2.05, 4.69) is 0 Å². The van der Waals surface area contributed by atoms with Gasteiger partial charge in [0.15, 0.2) is 0 Å². The van der Waals surface area contributed by atoms with Crippen LogP contribution in [0.15, 0.2) is 23.1 Å². The number of phenolic OH excluding ortho intramolecular Hbond substituents is 1. The van der Waals surface area contributed by atoms with Crippen molar-refractivity contribution in [2.45, 2.75) is 26.9 Å². The molecule has 1 N–H and O–H groups in total. The highest BCUT2D eigenvalue weighted by atomic mass is 32.2. The third kappa shape index (κ3) is 4.13. The number of carbonyl (C=O) groups is 3. The predicted octanol–water partition coefficient (Wildman–Crippen LogP) is 2.69. The molecule has 23 heavy (non-hydrogen) atoms. The number of benzene rings is 1. The summed E-state index contributed by atoms with van der Waals surface area (Å²) in [4.78, 5) is 36.8. The third-order valence-electron chi connectivity index (χ3n) is 3.00. The Kier molecular flexibility index (Phi) is 5.10. The van der Waals surface area contributed by atoms with E-state index in [-0.39, 0.29) is 16.8 Å². The average Bonchev–Trinajstić information content (AvgIpc) is 2.70. The molecule has 0 atom stereocenters. The van der Waals surface area contributed by atoms with E-state index in [1.165, 1.54) is 12.1 Å². The van der Waals surface area contributed by atoms with Crippen molar-refractivity contribution in [3.05, 3.63) is 34.2 Å². The first-order valence-corrected chi connectivity index (χ1v) is 7.84. The number of hydrogen-bond acceptors (Lipinski definition) is 6. The van der Waals surface area contributed by atoms with Crippen molar-refractivity contribution < 1.29 is 24.2 Å². The molecule has 1 aromatic rings. The molecule has 1 aliphatic rings. The predicted molar refractivity (Wildman–Crippen MR) is 86.7 cm³/mol. The number of aromatic hydroxyl groups is 1. The van der Waals surface area contributed by atoms with Gasteiger partial charge >= 0.3 is 5.97 Å². The number of nitrogens with zero attached hydrogens (tertiary/aromatic N) is 1. The summed E-state index contributed by atoms with van der Waals surface area (Å²) >= 11 is 0.732. The third-order valence-corrected chi connectivity index (χ3v) is 3.90. The summed E-state index contributed by atoms with van der Waals surface area (Å²) in [5.41, 5.74) is 1.36. The van der Waals surface area contributed by atoms with Gasteiger partial charge in [-0.05, 0) is 50.7 Å². The van der Waals surface area contributed by atoms with Crippen LogP contribution in [0.3, 0.4) is 0 Å². The molecule has 0 saturated carbocycles. The summed E-state index contributed by atoms with van der Waals surface area (Å²) in [6.45, 7) is 4.81. The van der Waals surface area contributed by atoms with Crippen molar-refractivity contribution in [3.8, 4) is 5.75 Å². The maximum Gasteiger partial charge on any atom is 0.326 e. The topological polar surface area (TPSA) is 83.9 Å². The van der Waals surface area contributed by atoms with Crippen molar-refractivity contribution in [1.29, 1.82) is 0 Å². The molecule has 0 bridgehead atoms. The molecule has 6 nitrogen and oxygen atoms in total. The van der Waals surface area contributed by atoms with Crippen molar-refractivity contribution >= 4 is 35.0 Å². The molecule has 1 saturated heterocycles. The molecule has 1 heterocycles. The molecule has 7 heteroatoms. The standard InChI is InChI=1S/C16H17NO5S/c1-9(2)22-14(19)8-17-15(20)13(23-16(17)21)7-11-6-10(3)4-5-12(11)18/h4-7,9,18H,8H2,1-3H3/b13-7-. The van der Waals surface area contributed by atoms with Crippen LogP contribution in [0.1, 0.15) is 25.0 Å². The van der Waals surface area contributed by atoms with Crippen LogP contribution >= 0.6 is 11.8 Å². The maximum absolute atomic E-state index is 12.3. The minimum atomic E-state index is -0.637. The number of ether oxygens (including phenoxy) is 1. The molecule has 0 spiro atoms. The first-order valence-electron chi connectivity index (χ1n) is 7.02. The van der Waals surface area contributed by atoms with Gasteiger partial charge in [-0.3, -0.25) is 19.3 Å². The first-order chi connectivity index (χ1) is 10.8. The van der Waals surface area contributed by atoms with Gasteiger partial charge in [-0.25, -0.2) is 0 Å². The molecular weight excluding hydrogens is 318 g/mol. The fourth-order valence-corrected chi connectivity index (χ4v) is 2.83. The molecule has 122 valence electrons. The summed E-state index contributed by atoms with van der Waals surface area (Å²) in [6.07, 6.45) is 1.13. The minimum Gasteiger partial charge on any atom is -0.507 e. The van der Waals surface area contributed by atoms with Gasteiger partial charge in [-0.15, -0.1) is 0 Å². The molecule has 1 aromatic carbocycles. The van der Waals surface area contributed by atoms with Crippen LogP contribution in [-0.2, 0) is 14.3 Å². The second kappa shape index (κ2) is 6.87. The average molecular weight is 335 g/mol. The fraction of sp³-hybridized carbons (Fsp3) is 0.312. The van der Waals surface area contributed by atoms with E-state index in [1.807, 2.05) is 6.92 Å². The normalized spacial score (nSPS) is 16.5. The lowest BCUT2D eigenvalue weighted by Crippen LogP contribution is -2.35. The second-order valence-corrected chi connectivity index (χ2v) is 6.36. The van der Waals surface area contributed by atoms with Gasteiger partial charge in [0.25, 0.3) is 11.1 Å². The van der Waals surface area contributed by atoms with E-state index < -0.39 is 23.7 Å². The highest BCUT2D eigenvalue weighted by Gasteiger charge is 2.36. The van der Waals surface area contributed by atoms with Crippen LogP contribution in [0.2, 0.25) is 0 Å². The number of amides is 2. The Hall–Kier alpha value is -2.28. The quantitative estimate of drug-likeness (QED) is 0.673. The molecule has 2 amide bonds. The molecule has 0 aliphatic carbocycles. The highest BCUT2D eigenvalue weighted by Crippen LogP contribution is 2.33. The number of aryl methyl sites for hydroxylation is 1. The first kappa shape index (κ1) is 17.1. The molecule has 2 rings (SSSR count). The van der Waals surface area contributed by atoms with Gasteiger partial charge in [0.2, 0.25) is 0 Å². The number of hydrogen-bond donors (Lipinski definition) is 1. The number of imide groups is 1. The molecular formula is C16H17NO5S. The Labute approximate surface area is 138 Å². The number of phenols is 1. The van der Waals surface area contributed by atoms with Gasteiger partial charge in [0, 0.05) is 5.56 Å². The lowest BCUT2D eigenvalue weighted by molar-refractivity contribution is -0.149. The summed E-state index contributed by atoms with van der Waals surface area (Å²) in [5, 5.41) is 9.29.